The summed E-state index contributed by atoms with van der Waals surface area (Å²) in [5.41, 5.74) is 4.37. The van der Waals surface area contributed by atoms with Crippen molar-refractivity contribution in [2.24, 2.45) is 5.10 Å². The molecule has 0 aliphatic rings. The molecule has 0 bridgehead atoms. The van der Waals surface area contributed by atoms with Gasteiger partial charge in [0.15, 0.2) is 0 Å². The zero-order valence-corrected chi connectivity index (χ0v) is 13.6. The molecule has 0 aliphatic heterocycles. The first-order valence-electron chi connectivity index (χ1n) is 7.49. The fourth-order valence-electron chi connectivity index (χ4n) is 1.91. The molecule has 0 fully saturated rings. The normalized spacial score (nSPS) is 10.4. The van der Waals surface area contributed by atoms with Crippen LogP contribution in [0, 0.1) is 0 Å². The van der Waals surface area contributed by atoms with Crippen molar-refractivity contribution in [3.05, 3.63) is 59.7 Å². The molecule has 0 unspecified atom stereocenters. The Morgan fingerprint density at radius 3 is 2.58 bits per heavy atom. The largest absolute Gasteiger partial charge is 0.497 e. The Hall–Kier alpha value is -3.15. The zero-order valence-electron chi connectivity index (χ0n) is 13.6. The first-order chi connectivity index (χ1) is 11.6. The van der Waals surface area contributed by atoms with Crippen LogP contribution in [0.1, 0.15) is 29.3 Å². The molecule has 0 saturated carbocycles. The molecule has 0 spiro atoms. The Morgan fingerprint density at radius 2 is 1.92 bits per heavy atom. The molecule has 24 heavy (non-hydrogen) atoms. The summed E-state index contributed by atoms with van der Waals surface area (Å²) in [6, 6.07) is 13.9. The van der Waals surface area contributed by atoms with Crippen molar-refractivity contribution in [1.82, 2.24) is 5.43 Å². The van der Waals surface area contributed by atoms with Gasteiger partial charge in [0.25, 0.3) is 5.91 Å². The summed E-state index contributed by atoms with van der Waals surface area (Å²) in [5.74, 6) is 0.313. The van der Waals surface area contributed by atoms with Gasteiger partial charge < -0.3 is 10.1 Å². The molecule has 2 rings (SSSR count). The predicted molar refractivity (Wildman–Crippen MR) is 93.4 cm³/mol. The number of methoxy groups -OCH3 is 1. The Kier molecular flexibility index (Phi) is 6.08. The van der Waals surface area contributed by atoms with Crippen LogP contribution in [0.3, 0.4) is 0 Å². The number of nitrogens with one attached hydrogen (secondary N) is 2. The summed E-state index contributed by atoms with van der Waals surface area (Å²) in [5, 5.41) is 6.65. The number of hydrogen-bond donors (Lipinski definition) is 2. The van der Waals surface area contributed by atoms with Gasteiger partial charge in [-0.25, -0.2) is 5.43 Å². The topological polar surface area (TPSA) is 79.8 Å². The van der Waals surface area contributed by atoms with E-state index in [0.29, 0.717) is 17.7 Å². The average Bonchev–Trinajstić information content (AvgIpc) is 2.62. The molecule has 2 amide bonds. The Morgan fingerprint density at radius 1 is 1.17 bits per heavy atom. The molecule has 0 saturated heterocycles. The maximum Gasteiger partial charge on any atom is 0.271 e. The smallest absolute Gasteiger partial charge is 0.271 e. The maximum absolute atomic E-state index is 12.0. The highest BCUT2D eigenvalue weighted by molar-refractivity contribution is 5.96. The van der Waals surface area contributed by atoms with E-state index in [0.717, 1.165) is 11.3 Å². The fourth-order valence-corrected chi connectivity index (χ4v) is 1.91. The van der Waals surface area contributed by atoms with E-state index in [1.807, 2.05) is 18.2 Å². The lowest BCUT2D eigenvalue weighted by atomic mass is 10.2. The number of carbonyl (C=O) groups excluding carboxylic acids is 2. The monoisotopic (exact) mass is 325 g/mol. The van der Waals surface area contributed by atoms with Crippen molar-refractivity contribution < 1.29 is 14.3 Å². The lowest BCUT2D eigenvalue weighted by Gasteiger charge is -2.05. The second-order valence-electron chi connectivity index (χ2n) is 4.95. The van der Waals surface area contributed by atoms with Gasteiger partial charge in [0.05, 0.1) is 13.3 Å². The van der Waals surface area contributed by atoms with E-state index in [1.54, 1.807) is 44.4 Å². The van der Waals surface area contributed by atoms with E-state index in [9.17, 15) is 9.59 Å². The van der Waals surface area contributed by atoms with Crippen LogP contribution in [0.4, 0.5) is 5.69 Å². The maximum atomic E-state index is 12.0. The van der Waals surface area contributed by atoms with Gasteiger partial charge in [-0.15, -0.1) is 0 Å². The lowest BCUT2D eigenvalue weighted by molar-refractivity contribution is -0.115. The summed E-state index contributed by atoms with van der Waals surface area (Å²) in [4.78, 5) is 23.3. The second kappa shape index (κ2) is 8.47. The van der Waals surface area contributed by atoms with Gasteiger partial charge in [0.2, 0.25) is 5.91 Å². The molecule has 6 heteroatoms. The first-order valence-corrected chi connectivity index (χ1v) is 7.49. The number of ether oxygens (including phenoxy) is 1. The van der Waals surface area contributed by atoms with Crippen LogP contribution in [0.15, 0.2) is 53.6 Å². The van der Waals surface area contributed by atoms with Crippen LogP contribution < -0.4 is 15.5 Å². The van der Waals surface area contributed by atoms with Gasteiger partial charge in [-0.1, -0.05) is 19.1 Å². The van der Waals surface area contributed by atoms with Crippen LogP contribution in [0.25, 0.3) is 0 Å². The number of anilines is 1. The highest BCUT2D eigenvalue weighted by atomic mass is 16.5. The summed E-state index contributed by atoms with van der Waals surface area (Å²) in [6.45, 7) is 1.78. The molecule has 2 aromatic rings. The molecular weight excluding hydrogens is 306 g/mol. The van der Waals surface area contributed by atoms with Crippen LogP contribution in [-0.4, -0.2) is 25.1 Å². The summed E-state index contributed by atoms with van der Waals surface area (Å²) >= 11 is 0. The van der Waals surface area contributed by atoms with Crippen molar-refractivity contribution in [3.63, 3.8) is 0 Å². The van der Waals surface area contributed by atoms with Gasteiger partial charge >= 0.3 is 0 Å². The van der Waals surface area contributed by atoms with Crippen LogP contribution >= 0.6 is 0 Å². The molecule has 0 heterocycles. The van der Waals surface area contributed by atoms with Crippen molar-refractivity contribution >= 4 is 23.7 Å². The van der Waals surface area contributed by atoms with Gasteiger partial charge in [-0.05, 0) is 42.0 Å². The Bertz CT molecular complexity index is 739. The van der Waals surface area contributed by atoms with Crippen LogP contribution in [0.2, 0.25) is 0 Å². The molecule has 2 N–H and O–H groups in total. The van der Waals surface area contributed by atoms with Gasteiger partial charge in [-0.3, -0.25) is 9.59 Å². The minimum Gasteiger partial charge on any atom is -0.497 e. The zero-order chi connectivity index (χ0) is 17.4. The third kappa shape index (κ3) is 4.95. The Labute approximate surface area is 140 Å². The number of nitrogens with zero attached hydrogens (tertiary/aromatic N) is 1. The lowest BCUT2D eigenvalue weighted by Crippen LogP contribution is -2.17. The van der Waals surface area contributed by atoms with Gasteiger partial charge in [0.1, 0.15) is 5.75 Å². The number of carbonyl (C=O) groups is 2. The minimum absolute atomic E-state index is 0.0740. The van der Waals surface area contributed by atoms with Crippen molar-refractivity contribution in [2.45, 2.75) is 13.3 Å². The molecule has 124 valence electrons. The number of amides is 2. The standard InChI is InChI=1S/C18H19N3O3/c1-3-17(22)20-15-9-7-14(8-10-15)18(23)21-19-12-13-5-4-6-16(11-13)24-2/h4-12H,3H2,1-2H3,(H,20,22)(H,21,23)/b19-12+. The van der Waals surface area contributed by atoms with E-state index >= 15 is 0 Å². The molecular formula is C18H19N3O3. The third-order valence-corrected chi connectivity index (χ3v) is 3.23. The fraction of sp³-hybridized carbons (Fsp3) is 0.167. The number of benzene rings is 2. The van der Waals surface area contributed by atoms with Crippen molar-refractivity contribution in [2.75, 3.05) is 12.4 Å². The van der Waals surface area contributed by atoms with Gasteiger partial charge in [0, 0.05) is 17.7 Å². The number of rotatable bonds is 6. The number of hydrazone groups is 1. The molecule has 0 radical (unpaired) electrons. The van der Waals surface area contributed by atoms with Crippen molar-refractivity contribution in [3.8, 4) is 5.75 Å². The second-order valence-corrected chi connectivity index (χ2v) is 4.95. The highest BCUT2D eigenvalue weighted by Crippen LogP contribution is 2.11. The summed E-state index contributed by atoms with van der Waals surface area (Å²) in [6.07, 6.45) is 1.94. The molecule has 2 aromatic carbocycles. The van der Waals surface area contributed by atoms with E-state index in [-0.39, 0.29) is 11.8 Å². The quantitative estimate of drug-likeness (QED) is 0.633. The molecule has 0 aromatic heterocycles. The van der Waals surface area contributed by atoms with Crippen molar-refractivity contribution in [1.29, 1.82) is 0 Å². The first kappa shape index (κ1) is 17.2. The molecule has 0 aliphatic carbocycles. The summed E-state index contributed by atoms with van der Waals surface area (Å²) < 4.78 is 5.12. The van der Waals surface area contributed by atoms with E-state index < -0.39 is 0 Å². The van der Waals surface area contributed by atoms with Gasteiger partial charge in [-0.2, -0.15) is 5.10 Å². The minimum atomic E-state index is -0.331. The highest BCUT2D eigenvalue weighted by Gasteiger charge is 2.05. The van der Waals surface area contributed by atoms with E-state index in [4.69, 9.17) is 4.74 Å². The SMILES string of the molecule is CCC(=O)Nc1ccc(C(=O)N/N=C/c2cccc(OC)c2)cc1. The summed E-state index contributed by atoms with van der Waals surface area (Å²) in [7, 11) is 1.59. The number of hydrogen-bond acceptors (Lipinski definition) is 4. The average molecular weight is 325 g/mol. The van der Waals surface area contributed by atoms with Crippen LogP contribution in [0.5, 0.6) is 5.75 Å². The third-order valence-electron chi connectivity index (χ3n) is 3.23. The molecule has 6 nitrogen and oxygen atoms in total. The molecule has 0 atom stereocenters. The van der Waals surface area contributed by atoms with E-state index in [2.05, 4.69) is 15.8 Å². The Balaban J connectivity index is 1.94. The predicted octanol–water partition coefficient (Wildman–Crippen LogP) is 2.81. The van der Waals surface area contributed by atoms with Crippen LogP contribution in [-0.2, 0) is 4.79 Å². The van der Waals surface area contributed by atoms with E-state index in [1.165, 1.54) is 6.21 Å².